The van der Waals surface area contributed by atoms with E-state index >= 15 is 0 Å². The molecule has 0 spiro atoms. The smallest absolute Gasteiger partial charge is 0.258 e. The lowest BCUT2D eigenvalue weighted by Gasteiger charge is -2.23. The number of benzene rings is 2. The van der Waals surface area contributed by atoms with Crippen molar-refractivity contribution in [1.82, 2.24) is 15.3 Å². The van der Waals surface area contributed by atoms with Gasteiger partial charge in [-0.25, -0.2) is 4.98 Å². The summed E-state index contributed by atoms with van der Waals surface area (Å²) in [4.78, 5) is 31.9. The lowest BCUT2D eigenvalue weighted by atomic mass is 9.94. The molecule has 0 saturated carbocycles. The average molecular weight is 377 g/mol. The summed E-state index contributed by atoms with van der Waals surface area (Å²) in [5, 5.41) is 3.69. The van der Waals surface area contributed by atoms with Gasteiger partial charge in [0.1, 0.15) is 5.82 Å². The number of aryl methyl sites for hydroxylation is 2. The molecular weight excluding hydrogens is 350 g/mol. The van der Waals surface area contributed by atoms with Crippen molar-refractivity contribution in [3.8, 4) is 0 Å². The first-order valence-electron chi connectivity index (χ1n) is 9.84. The monoisotopic (exact) mass is 377 g/mol. The van der Waals surface area contributed by atoms with E-state index in [1.807, 2.05) is 18.2 Å². The van der Waals surface area contributed by atoms with Crippen molar-refractivity contribution >= 4 is 16.8 Å². The maximum atomic E-state index is 12.5. The van der Waals surface area contributed by atoms with Crippen LogP contribution in [0.4, 0.5) is 0 Å². The van der Waals surface area contributed by atoms with Gasteiger partial charge in [0.2, 0.25) is 5.91 Å². The maximum Gasteiger partial charge on any atom is 0.258 e. The molecular formula is C23H27N3O2. The summed E-state index contributed by atoms with van der Waals surface area (Å²) in [5.41, 5.74) is 2.87. The predicted molar refractivity (Wildman–Crippen MR) is 112 cm³/mol. The molecule has 3 aromatic rings. The number of hydrogen-bond donors (Lipinski definition) is 2. The molecule has 5 nitrogen and oxygen atoms in total. The number of fused-ring (bicyclic) bond motifs is 1. The molecule has 146 valence electrons. The van der Waals surface area contributed by atoms with Crippen LogP contribution in [0.15, 0.2) is 53.3 Å². The molecule has 0 aliphatic carbocycles. The number of amides is 1. The van der Waals surface area contributed by atoms with E-state index in [9.17, 15) is 9.59 Å². The molecule has 1 heterocycles. The second-order valence-electron chi connectivity index (χ2n) is 7.41. The van der Waals surface area contributed by atoms with Crippen LogP contribution in [0.25, 0.3) is 10.9 Å². The number of nitrogens with zero attached hydrogens (tertiary/aromatic N) is 1. The van der Waals surface area contributed by atoms with Gasteiger partial charge in [-0.3, -0.25) is 9.59 Å². The Bertz CT molecular complexity index is 1010. The number of hydrogen-bond acceptors (Lipinski definition) is 3. The molecule has 5 heteroatoms. The second kappa shape index (κ2) is 8.83. The Balaban J connectivity index is 1.67. The molecule has 1 unspecified atom stereocenters. The van der Waals surface area contributed by atoms with Crippen molar-refractivity contribution < 1.29 is 4.79 Å². The zero-order chi connectivity index (χ0) is 20.1. The highest BCUT2D eigenvalue weighted by Gasteiger charge is 2.18. The van der Waals surface area contributed by atoms with Crippen LogP contribution >= 0.6 is 0 Å². The molecule has 0 bridgehead atoms. The van der Waals surface area contributed by atoms with Crippen molar-refractivity contribution in [3.63, 3.8) is 0 Å². The fourth-order valence-electron chi connectivity index (χ4n) is 3.33. The largest absolute Gasteiger partial charge is 0.349 e. The van der Waals surface area contributed by atoms with E-state index < -0.39 is 0 Å². The third-order valence-corrected chi connectivity index (χ3v) is 4.98. The van der Waals surface area contributed by atoms with E-state index in [0.29, 0.717) is 23.1 Å². The van der Waals surface area contributed by atoms with E-state index in [0.717, 1.165) is 12.0 Å². The van der Waals surface area contributed by atoms with Crippen LogP contribution in [-0.2, 0) is 17.6 Å². The number of H-pyrrole nitrogens is 1. The van der Waals surface area contributed by atoms with Gasteiger partial charge in [-0.15, -0.1) is 0 Å². The second-order valence-corrected chi connectivity index (χ2v) is 7.41. The minimum Gasteiger partial charge on any atom is -0.349 e. The lowest BCUT2D eigenvalue weighted by molar-refractivity contribution is -0.122. The van der Waals surface area contributed by atoms with Crippen LogP contribution in [0.1, 0.15) is 50.2 Å². The Morgan fingerprint density at radius 2 is 1.82 bits per heavy atom. The SMILES string of the molecule is CCc1ccc(C(NC(=O)CCc2nc3ccccc3c(=O)[nH]2)C(C)C)cc1. The van der Waals surface area contributed by atoms with Crippen molar-refractivity contribution in [1.29, 1.82) is 0 Å². The van der Waals surface area contributed by atoms with Crippen LogP contribution < -0.4 is 10.9 Å². The van der Waals surface area contributed by atoms with Crippen LogP contribution in [0.3, 0.4) is 0 Å². The van der Waals surface area contributed by atoms with Crippen LogP contribution in [0, 0.1) is 5.92 Å². The number of rotatable bonds is 7. The zero-order valence-corrected chi connectivity index (χ0v) is 16.7. The first-order valence-corrected chi connectivity index (χ1v) is 9.84. The summed E-state index contributed by atoms with van der Waals surface area (Å²) >= 11 is 0. The van der Waals surface area contributed by atoms with Crippen LogP contribution in [0.2, 0.25) is 0 Å². The maximum absolute atomic E-state index is 12.5. The Hall–Kier alpha value is -2.95. The van der Waals surface area contributed by atoms with Gasteiger partial charge >= 0.3 is 0 Å². The van der Waals surface area contributed by atoms with Gasteiger partial charge in [-0.1, -0.05) is 57.2 Å². The summed E-state index contributed by atoms with van der Waals surface area (Å²) in [6.07, 6.45) is 1.67. The Kier molecular flexibility index (Phi) is 6.24. The lowest BCUT2D eigenvalue weighted by Crippen LogP contribution is -2.32. The zero-order valence-electron chi connectivity index (χ0n) is 16.7. The normalized spacial score (nSPS) is 12.3. The number of carbonyl (C=O) groups excluding carboxylic acids is 1. The fourth-order valence-corrected chi connectivity index (χ4v) is 3.33. The first-order chi connectivity index (χ1) is 13.5. The topological polar surface area (TPSA) is 74.8 Å². The third-order valence-electron chi connectivity index (χ3n) is 4.98. The van der Waals surface area contributed by atoms with E-state index in [4.69, 9.17) is 0 Å². The van der Waals surface area contributed by atoms with Crippen LogP contribution in [0.5, 0.6) is 0 Å². The van der Waals surface area contributed by atoms with Gasteiger partial charge in [0, 0.05) is 12.8 Å². The highest BCUT2D eigenvalue weighted by molar-refractivity contribution is 5.78. The highest BCUT2D eigenvalue weighted by Crippen LogP contribution is 2.22. The first kappa shape index (κ1) is 19.8. The van der Waals surface area contributed by atoms with E-state index in [1.165, 1.54) is 5.56 Å². The number of nitrogens with one attached hydrogen (secondary N) is 2. The molecule has 0 saturated heterocycles. The van der Waals surface area contributed by atoms with E-state index in [2.05, 4.69) is 60.3 Å². The van der Waals surface area contributed by atoms with Crippen molar-refractivity contribution in [2.45, 2.75) is 46.1 Å². The molecule has 1 aromatic heterocycles. The van der Waals surface area contributed by atoms with Gasteiger partial charge < -0.3 is 10.3 Å². The molecule has 0 radical (unpaired) electrons. The standard InChI is InChI=1S/C23H27N3O2/c1-4-16-9-11-17(12-10-16)22(15(2)3)26-21(27)14-13-20-24-19-8-6-5-7-18(19)23(28)25-20/h5-12,15,22H,4,13-14H2,1-3H3,(H,26,27)(H,24,25,28). The number of carbonyl (C=O) groups is 1. The summed E-state index contributed by atoms with van der Waals surface area (Å²) in [7, 11) is 0. The van der Waals surface area contributed by atoms with Gasteiger partial charge in [-0.05, 0) is 35.6 Å². The van der Waals surface area contributed by atoms with Gasteiger partial charge in [0.05, 0.1) is 16.9 Å². The minimum atomic E-state index is -0.169. The quantitative estimate of drug-likeness (QED) is 0.655. The summed E-state index contributed by atoms with van der Waals surface area (Å²) in [5.74, 6) is 0.761. The highest BCUT2D eigenvalue weighted by atomic mass is 16.1. The number of aromatic amines is 1. The number of aromatic nitrogens is 2. The molecule has 2 aromatic carbocycles. The molecule has 1 atom stereocenters. The van der Waals surface area contributed by atoms with Gasteiger partial charge in [-0.2, -0.15) is 0 Å². The molecule has 0 aliphatic heterocycles. The Morgan fingerprint density at radius 3 is 2.50 bits per heavy atom. The number of para-hydroxylation sites is 1. The molecule has 2 N–H and O–H groups in total. The van der Waals surface area contributed by atoms with Crippen LogP contribution in [-0.4, -0.2) is 15.9 Å². The summed E-state index contributed by atoms with van der Waals surface area (Å²) in [6.45, 7) is 6.32. The minimum absolute atomic E-state index is 0.0398. The fraction of sp³-hybridized carbons (Fsp3) is 0.348. The Labute approximate surface area is 165 Å². The van der Waals surface area contributed by atoms with Crippen molar-refractivity contribution in [2.24, 2.45) is 5.92 Å². The van der Waals surface area contributed by atoms with Gasteiger partial charge in [0.15, 0.2) is 0 Å². The predicted octanol–water partition coefficient (Wildman–Crippen LogP) is 3.93. The molecule has 0 aliphatic rings. The molecule has 28 heavy (non-hydrogen) atoms. The Morgan fingerprint density at radius 1 is 1.11 bits per heavy atom. The van der Waals surface area contributed by atoms with Crippen molar-refractivity contribution in [3.05, 3.63) is 75.8 Å². The molecule has 1 amide bonds. The average Bonchev–Trinajstić information content (AvgIpc) is 2.70. The third kappa shape index (κ3) is 4.66. The van der Waals surface area contributed by atoms with Crippen molar-refractivity contribution in [2.75, 3.05) is 0 Å². The van der Waals surface area contributed by atoms with E-state index in [-0.39, 0.29) is 29.8 Å². The summed E-state index contributed by atoms with van der Waals surface area (Å²) < 4.78 is 0. The molecule has 0 fully saturated rings. The summed E-state index contributed by atoms with van der Waals surface area (Å²) in [6, 6.07) is 15.6. The van der Waals surface area contributed by atoms with Gasteiger partial charge in [0.25, 0.3) is 5.56 Å². The van der Waals surface area contributed by atoms with E-state index in [1.54, 1.807) is 6.07 Å². The molecule has 3 rings (SSSR count).